The molecule has 0 unspecified atom stereocenters. The lowest BCUT2D eigenvalue weighted by molar-refractivity contribution is -0.139. The van der Waals surface area contributed by atoms with Crippen LogP contribution in [0.25, 0.3) is 21.7 Å². The number of pyridine rings is 1. The number of halogens is 3. The Bertz CT molecular complexity index is 775. The van der Waals surface area contributed by atoms with Crippen molar-refractivity contribution in [2.75, 3.05) is 0 Å². The van der Waals surface area contributed by atoms with Crippen molar-refractivity contribution >= 4 is 21.7 Å². The third kappa shape index (κ3) is 1.84. The fraction of sp³-hybridized carbons (Fsp3) is 0.133. The van der Waals surface area contributed by atoms with Gasteiger partial charge in [-0.25, -0.2) is 4.98 Å². The van der Waals surface area contributed by atoms with E-state index in [1.807, 2.05) is 19.1 Å². The standard InChI is InChI=1S/C15H10F3N/c1-9-5-4-7-11-13(9)10-6-2-3-8-12(10)19-14(11)15(16,17)18/h2-8H,1H3. The minimum absolute atomic E-state index is 0.159. The van der Waals surface area contributed by atoms with Crippen LogP contribution in [0.3, 0.4) is 0 Å². The van der Waals surface area contributed by atoms with Gasteiger partial charge in [0.2, 0.25) is 0 Å². The van der Waals surface area contributed by atoms with Crippen molar-refractivity contribution in [2.45, 2.75) is 13.1 Å². The molecule has 0 atom stereocenters. The SMILES string of the molecule is Cc1cccc2c(C(F)(F)F)nc3ccccc3c12. The molecule has 3 rings (SSSR count). The molecular formula is C15H10F3N. The summed E-state index contributed by atoms with van der Waals surface area (Å²) in [6.07, 6.45) is -4.45. The van der Waals surface area contributed by atoms with E-state index in [0.717, 1.165) is 10.9 Å². The quantitative estimate of drug-likeness (QED) is 0.534. The predicted molar refractivity (Wildman–Crippen MR) is 69.0 cm³/mol. The summed E-state index contributed by atoms with van der Waals surface area (Å²) in [7, 11) is 0. The van der Waals surface area contributed by atoms with Gasteiger partial charge in [-0.1, -0.05) is 36.4 Å². The minimum atomic E-state index is -4.45. The molecule has 0 spiro atoms. The summed E-state index contributed by atoms with van der Waals surface area (Å²) >= 11 is 0. The highest BCUT2D eigenvalue weighted by atomic mass is 19.4. The van der Waals surface area contributed by atoms with E-state index in [1.54, 1.807) is 24.3 Å². The number of para-hydroxylation sites is 1. The van der Waals surface area contributed by atoms with Crippen LogP contribution in [-0.2, 0) is 6.18 Å². The third-order valence-electron chi connectivity index (χ3n) is 3.20. The maximum atomic E-state index is 13.1. The Labute approximate surface area is 107 Å². The Morgan fingerprint density at radius 1 is 0.895 bits per heavy atom. The molecule has 96 valence electrons. The molecule has 0 fully saturated rings. The number of benzene rings is 2. The van der Waals surface area contributed by atoms with Crippen LogP contribution in [0.2, 0.25) is 0 Å². The first-order valence-electron chi connectivity index (χ1n) is 5.84. The van der Waals surface area contributed by atoms with E-state index in [-0.39, 0.29) is 5.39 Å². The van der Waals surface area contributed by atoms with Gasteiger partial charge in [-0.15, -0.1) is 0 Å². The topological polar surface area (TPSA) is 12.9 Å². The summed E-state index contributed by atoms with van der Waals surface area (Å²) in [4.78, 5) is 3.79. The first-order chi connectivity index (χ1) is 8.98. The van der Waals surface area contributed by atoms with E-state index in [1.165, 1.54) is 6.07 Å². The van der Waals surface area contributed by atoms with Crippen LogP contribution >= 0.6 is 0 Å². The Kier molecular flexibility index (Phi) is 2.49. The maximum absolute atomic E-state index is 13.1. The molecule has 0 saturated heterocycles. The highest BCUT2D eigenvalue weighted by Crippen LogP contribution is 2.37. The molecule has 1 heterocycles. The smallest absolute Gasteiger partial charge is 0.243 e. The molecule has 0 radical (unpaired) electrons. The van der Waals surface area contributed by atoms with Gasteiger partial charge in [0.05, 0.1) is 5.52 Å². The van der Waals surface area contributed by atoms with Gasteiger partial charge in [0.25, 0.3) is 0 Å². The Balaban J connectivity index is 2.60. The second-order valence-corrected chi connectivity index (χ2v) is 4.47. The molecule has 0 saturated carbocycles. The second kappa shape index (κ2) is 3.95. The number of alkyl halides is 3. The van der Waals surface area contributed by atoms with E-state index in [9.17, 15) is 13.2 Å². The lowest BCUT2D eigenvalue weighted by atomic mass is 9.99. The molecule has 19 heavy (non-hydrogen) atoms. The third-order valence-corrected chi connectivity index (χ3v) is 3.20. The van der Waals surface area contributed by atoms with Gasteiger partial charge < -0.3 is 0 Å². The van der Waals surface area contributed by atoms with Gasteiger partial charge in [0.1, 0.15) is 0 Å². The summed E-state index contributed by atoms with van der Waals surface area (Å²) in [6.45, 7) is 1.81. The molecule has 0 bridgehead atoms. The maximum Gasteiger partial charge on any atom is 0.433 e. The molecule has 0 amide bonds. The molecule has 0 aliphatic carbocycles. The predicted octanol–water partition coefficient (Wildman–Crippen LogP) is 4.72. The normalized spacial score (nSPS) is 12.2. The van der Waals surface area contributed by atoms with Crippen molar-refractivity contribution in [3.63, 3.8) is 0 Å². The largest absolute Gasteiger partial charge is 0.433 e. The molecule has 2 aromatic carbocycles. The molecule has 0 N–H and O–H groups in total. The van der Waals surface area contributed by atoms with Gasteiger partial charge in [-0.05, 0) is 23.9 Å². The van der Waals surface area contributed by atoms with Crippen LogP contribution < -0.4 is 0 Å². The number of aromatic nitrogens is 1. The van der Waals surface area contributed by atoms with E-state index < -0.39 is 11.9 Å². The monoisotopic (exact) mass is 261 g/mol. The average molecular weight is 261 g/mol. The van der Waals surface area contributed by atoms with Gasteiger partial charge >= 0.3 is 6.18 Å². The van der Waals surface area contributed by atoms with E-state index in [0.29, 0.717) is 10.9 Å². The van der Waals surface area contributed by atoms with E-state index >= 15 is 0 Å². The van der Waals surface area contributed by atoms with Crippen LogP contribution in [0, 0.1) is 6.92 Å². The van der Waals surface area contributed by atoms with Gasteiger partial charge in [0, 0.05) is 10.8 Å². The zero-order chi connectivity index (χ0) is 13.6. The van der Waals surface area contributed by atoms with Gasteiger partial charge in [-0.3, -0.25) is 0 Å². The van der Waals surface area contributed by atoms with Crippen molar-refractivity contribution in [3.05, 3.63) is 53.7 Å². The fourth-order valence-electron chi connectivity index (χ4n) is 2.40. The molecule has 0 aliphatic rings. The number of nitrogens with zero attached hydrogens (tertiary/aromatic N) is 1. The van der Waals surface area contributed by atoms with Crippen LogP contribution in [-0.4, -0.2) is 4.98 Å². The van der Waals surface area contributed by atoms with Crippen LogP contribution in [0.5, 0.6) is 0 Å². The summed E-state index contributed by atoms with van der Waals surface area (Å²) in [5.74, 6) is 0. The number of hydrogen-bond donors (Lipinski definition) is 0. The molecule has 3 aromatic rings. The Morgan fingerprint density at radius 3 is 2.32 bits per heavy atom. The van der Waals surface area contributed by atoms with E-state index in [2.05, 4.69) is 4.98 Å². The number of rotatable bonds is 0. The summed E-state index contributed by atoms with van der Waals surface area (Å²) in [6, 6.07) is 11.8. The van der Waals surface area contributed by atoms with Crippen molar-refractivity contribution in [2.24, 2.45) is 0 Å². The van der Waals surface area contributed by atoms with Crippen LogP contribution in [0.1, 0.15) is 11.3 Å². The van der Waals surface area contributed by atoms with Crippen molar-refractivity contribution in [1.82, 2.24) is 4.98 Å². The van der Waals surface area contributed by atoms with Crippen molar-refractivity contribution in [1.29, 1.82) is 0 Å². The fourth-order valence-corrected chi connectivity index (χ4v) is 2.40. The second-order valence-electron chi connectivity index (χ2n) is 4.47. The van der Waals surface area contributed by atoms with Crippen LogP contribution in [0.15, 0.2) is 42.5 Å². The lowest BCUT2D eigenvalue weighted by Gasteiger charge is -2.13. The summed E-state index contributed by atoms with van der Waals surface area (Å²) in [5, 5.41) is 1.54. The Morgan fingerprint density at radius 2 is 1.58 bits per heavy atom. The first-order valence-corrected chi connectivity index (χ1v) is 5.84. The molecule has 1 nitrogen and oxygen atoms in total. The molecule has 0 aliphatic heterocycles. The Hall–Kier alpha value is -2.10. The zero-order valence-corrected chi connectivity index (χ0v) is 10.1. The van der Waals surface area contributed by atoms with Crippen molar-refractivity contribution < 1.29 is 13.2 Å². The highest BCUT2D eigenvalue weighted by molar-refractivity contribution is 6.08. The summed E-state index contributed by atoms with van der Waals surface area (Å²) < 4.78 is 39.3. The lowest BCUT2D eigenvalue weighted by Crippen LogP contribution is -2.09. The minimum Gasteiger partial charge on any atom is -0.243 e. The first kappa shape index (κ1) is 12.0. The zero-order valence-electron chi connectivity index (χ0n) is 10.1. The molecule has 4 heteroatoms. The highest BCUT2D eigenvalue weighted by Gasteiger charge is 2.35. The van der Waals surface area contributed by atoms with Crippen LogP contribution in [0.4, 0.5) is 13.2 Å². The van der Waals surface area contributed by atoms with Gasteiger partial charge in [0.15, 0.2) is 5.69 Å². The summed E-state index contributed by atoms with van der Waals surface area (Å²) in [5.41, 5.74) is 0.378. The number of fused-ring (bicyclic) bond motifs is 3. The average Bonchev–Trinajstić information content (AvgIpc) is 2.36. The molecular weight excluding hydrogens is 251 g/mol. The van der Waals surface area contributed by atoms with E-state index in [4.69, 9.17) is 0 Å². The van der Waals surface area contributed by atoms with Crippen molar-refractivity contribution in [3.8, 4) is 0 Å². The molecule has 1 aromatic heterocycles. The number of hydrogen-bond acceptors (Lipinski definition) is 1. The van der Waals surface area contributed by atoms with Gasteiger partial charge in [-0.2, -0.15) is 13.2 Å². The number of aryl methyl sites for hydroxylation is 1.